The summed E-state index contributed by atoms with van der Waals surface area (Å²) in [7, 11) is 1.50. The van der Waals surface area contributed by atoms with Gasteiger partial charge in [-0.3, -0.25) is 4.21 Å². The lowest BCUT2D eigenvalue weighted by Crippen LogP contribution is -1.93. The summed E-state index contributed by atoms with van der Waals surface area (Å²) in [6.45, 7) is 1.95. The highest BCUT2D eigenvalue weighted by Crippen LogP contribution is 2.26. The first-order valence-electron chi connectivity index (χ1n) is 5.51. The standard InChI is InChI=1S/C13H12O2S.CH5N/c1-10-7-8-13(16(14)15)12(9-10)11-5-3-2-4-6-11;1-2/h2-9H,1H3,(H,14,15);2H2,1H3/p-1. The molecule has 3 nitrogen and oxygen atoms in total. The van der Waals surface area contributed by atoms with Gasteiger partial charge in [-0.1, -0.05) is 48.0 Å². The Morgan fingerprint density at radius 3 is 2.22 bits per heavy atom. The number of hydrogen-bond acceptors (Lipinski definition) is 3. The lowest BCUT2D eigenvalue weighted by Gasteiger charge is -2.12. The van der Waals surface area contributed by atoms with Crippen molar-refractivity contribution in [1.82, 2.24) is 0 Å². The van der Waals surface area contributed by atoms with Crippen molar-refractivity contribution in [1.29, 1.82) is 0 Å². The first-order chi connectivity index (χ1) is 8.68. The molecule has 2 rings (SSSR count). The number of hydrogen-bond donors (Lipinski definition) is 1. The van der Waals surface area contributed by atoms with E-state index < -0.39 is 11.1 Å². The van der Waals surface area contributed by atoms with Gasteiger partial charge >= 0.3 is 0 Å². The van der Waals surface area contributed by atoms with Crippen LogP contribution < -0.4 is 5.73 Å². The van der Waals surface area contributed by atoms with E-state index in [9.17, 15) is 8.76 Å². The van der Waals surface area contributed by atoms with E-state index in [4.69, 9.17) is 0 Å². The van der Waals surface area contributed by atoms with Gasteiger partial charge < -0.3 is 10.3 Å². The fourth-order valence-corrected chi connectivity index (χ4v) is 2.17. The molecule has 1 atom stereocenters. The molecule has 2 N–H and O–H groups in total. The van der Waals surface area contributed by atoms with Crippen molar-refractivity contribution in [2.24, 2.45) is 5.73 Å². The molecule has 0 fully saturated rings. The Bertz CT molecular complexity index is 527. The largest absolute Gasteiger partial charge is 0.768 e. The van der Waals surface area contributed by atoms with Crippen LogP contribution in [0.3, 0.4) is 0 Å². The van der Waals surface area contributed by atoms with Crippen molar-refractivity contribution in [3.8, 4) is 11.1 Å². The second kappa shape index (κ2) is 7.06. The molecule has 2 aromatic rings. The van der Waals surface area contributed by atoms with Crippen LogP contribution in [0.25, 0.3) is 11.1 Å². The van der Waals surface area contributed by atoms with E-state index in [1.54, 1.807) is 12.1 Å². The molecular formula is C14H16NO2S-. The number of aryl methyl sites for hydroxylation is 1. The van der Waals surface area contributed by atoms with Crippen LogP contribution in [0.1, 0.15) is 5.56 Å². The molecule has 0 spiro atoms. The maximum Gasteiger partial charge on any atom is 0.0327 e. The van der Waals surface area contributed by atoms with Crippen LogP contribution >= 0.6 is 0 Å². The Balaban J connectivity index is 0.000000771. The zero-order chi connectivity index (χ0) is 13.5. The molecule has 0 heterocycles. The molecule has 0 radical (unpaired) electrons. The third-order valence-corrected chi connectivity index (χ3v) is 3.11. The smallest absolute Gasteiger partial charge is 0.0327 e. The van der Waals surface area contributed by atoms with Crippen LogP contribution in [-0.4, -0.2) is 15.8 Å². The topological polar surface area (TPSA) is 66.2 Å². The minimum absolute atomic E-state index is 0.344. The van der Waals surface area contributed by atoms with Crippen molar-refractivity contribution in [2.75, 3.05) is 7.05 Å². The first-order valence-corrected chi connectivity index (χ1v) is 6.59. The van der Waals surface area contributed by atoms with Crippen LogP contribution in [-0.2, 0) is 11.1 Å². The molecule has 0 aliphatic heterocycles. The third kappa shape index (κ3) is 3.50. The third-order valence-electron chi connectivity index (χ3n) is 2.40. The highest BCUT2D eigenvalue weighted by molar-refractivity contribution is 7.79. The summed E-state index contributed by atoms with van der Waals surface area (Å²) in [5.74, 6) is 0. The van der Waals surface area contributed by atoms with Gasteiger partial charge in [0.2, 0.25) is 0 Å². The predicted molar refractivity (Wildman–Crippen MR) is 73.9 cm³/mol. The zero-order valence-electron chi connectivity index (χ0n) is 10.4. The van der Waals surface area contributed by atoms with Crippen molar-refractivity contribution in [2.45, 2.75) is 11.8 Å². The predicted octanol–water partition coefficient (Wildman–Crippen LogP) is 2.47. The van der Waals surface area contributed by atoms with Crippen molar-refractivity contribution >= 4 is 11.1 Å². The Kier molecular flexibility index (Phi) is 5.71. The SMILES string of the molecule is CN.Cc1ccc(S(=O)[O-])c(-c2ccccc2)c1. The molecule has 96 valence electrons. The molecular weight excluding hydrogens is 246 g/mol. The number of rotatable bonds is 2. The summed E-state index contributed by atoms with van der Waals surface area (Å²) < 4.78 is 22.2. The second-order valence-electron chi connectivity index (χ2n) is 3.60. The summed E-state index contributed by atoms with van der Waals surface area (Å²) in [6.07, 6.45) is 0. The van der Waals surface area contributed by atoms with E-state index in [1.807, 2.05) is 43.3 Å². The van der Waals surface area contributed by atoms with Crippen LogP contribution in [0.15, 0.2) is 53.4 Å². The fourth-order valence-electron chi connectivity index (χ4n) is 1.63. The van der Waals surface area contributed by atoms with Crippen LogP contribution in [0.2, 0.25) is 0 Å². The van der Waals surface area contributed by atoms with E-state index in [1.165, 1.54) is 7.05 Å². The highest BCUT2D eigenvalue weighted by atomic mass is 32.2. The fraction of sp³-hybridized carbons (Fsp3) is 0.143. The van der Waals surface area contributed by atoms with E-state index in [-0.39, 0.29) is 0 Å². The maximum atomic E-state index is 11.1. The van der Waals surface area contributed by atoms with Gasteiger partial charge in [0.05, 0.1) is 0 Å². The summed E-state index contributed by atoms with van der Waals surface area (Å²) in [5.41, 5.74) is 7.23. The van der Waals surface area contributed by atoms with E-state index in [0.717, 1.165) is 16.7 Å². The maximum absolute atomic E-state index is 11.1. The van der Waals surface area contributed by atoms with Gasteiger partial charge in [0.1, 0.15) is 0 Å². The lowest BCUT2D eigenvalue weighted by molar-refractivity contribution is 0.537. The van der Waals surface area contributed by atoms with E-state index in [0.29, 0.717) is 4.90 Å². The van der Waals surface area contributed by atoms with Crippen LogP contribution in [0.5, 0.6) is 0 Å². The second-order valence-corrected chi connectivity index (χ2v) is 4.51. The minimum Gasteiger partial charge on any atom is -0.768 e. The Morgan fingerprint density at radius 2 is 1.67 bits per heavy atom. The van der Waals surface area contributed by atoms with Gasteiger partial charge in [0.15, 0.2) is 0 Å². The summed E-state index contributed by atoms with van der Waals surface area (Å²) in [6, 6.07) is 14.9. The van der Waals surface area contributed by atoms with Crippen molar-refractivity contribution < 1.29 is 8.76 Å². The van der Waals surface area contributed by atoms with Gasteiger partial charge in [-0.25, -0.2) is 0 Å². The Morgan fingerprint density at radius 1 is 1.06 bits per heavy atom. The molecule has 0 amide bonds. The molecule has 18 heavy (non-hydrogen) atoms. The first kappa shape index (κ1) is 14.6. The van der Waals surface area contributed by atoms with Gasteiger partial charge in [-0.05, 0) is 42.2 Å². The normalized spacial score (nSPS) is 11.3. The Hall–Kier alpha value is -1.49. The van der Waals surface area contributed by atoms with Crippen molar-refractivity contribution in [3.63, 3.8) is 0 Å². The van der Waals surface area contributed by atoms with E-state index >= 15 is 0 Å². The molecule has 2 aromatic carbocycles. The average molecular weight is 262 g/mol. The number of benzene rings is 2. The molecule has 0 aliphatic carbocycles. The van der Waals surface area contributed by atoms with E-state index in [2.05, 4.69) is 5.73 Å². The van der Waals surface area contributed by atoms with Gasteiger partial charge in [-0.2, -0.15) is 0 Å². The average Bonchev–Trinajstić information content (AvgIpc) is 2.41. The minimum atomic E-state index is -2.20. The zero-order valence-corrected chi connectivity index (χ0v) is 11.2. The molecule has 0 aromatic heterocycles. The Labute approximate surface area is 110 Å². The summed E-state index contributed by atoms with van der Waals surface area (Å²) >= 11 is -2.20. The molecule has 4 heteroatoms. The molecule has 0 bridgehead atoms. The molecule has 0 aliphatic rings. The number of nitrogens with two attached hydrogens (primary N) is 1. The molecule has 1 unspecified atom stereocenters. The highest BCUT2D eigenvalue weighted by Gasteiger charge is 2.05. The van der Waals surface area contributed by atoms with Gasteiger partial charge in [-0.15, -0.1) is 0 Å². The molecule has 0 saturated heterocycles. The monoisotopic (exact) mass is 262 g/mol. The van der Waals surface area contributed by atoms with Crippen LogP contribution in [0.4, 0.5) is 0 Å². The van der Waals surface area contributed by atoms with Crippen molar-refractivity contribution in [3.05, 3.63) is 54.1 Å². The summed E-state index contributed by atoms with van der Waals surface area (Å²) in [4.78, 5) is 0.344. The molecule has 0 saturated carbocycles. The quantitative estimate of drug-likeness (QED) is 0.845. The van der Waals surface area contributed by atoms with Gasteiger partial charge in [0, 0.05) is 4.90 Å². The lowest BCUT2D eigenvalue weighted by atomic mass is 10.0. The van der Waals surface area contributed by atoms with Crippen LogP contribution in [0, 0.1) is 6.92 Å². The van der Waals surface area contributed by atoms with Gasteiger partial charge in [0.25, 0.3) is 0 Å². The summed E-state index contributed by atoms with van der Waals surface area (Å²) in [5, 5.41) is 0.